The Morgan fingerprint density at radius 2 is 2.00 bits per heavy atom. The van der Waals surface area contributed by atoms with Gasteiger partial charge in [-0.25, -0.2) is 0 Å². The number of aryl methyl sites for hydroxylation is 1. The molecule has 6 nitrogen and oxygen atoms in total. The van der Waals surface area contributed by atoms with Gasteiger partial charge in [-0.1, -0.05) is 12.1 Å². The quantitative estimate of drug-likeness (QED) is 0.778. The highest BCUT2D eigenvalue weighted by Gasteiger charge is 2.07. The Morgan fingerprint density at radius 1 is 1.19 bits per heavy atom. The van der Waals surface area contributed by atoms with Crippen LogP contribution in [0.1, 0.15) is 22.3 Å². The van der Waals surface area contributed by atoms with Crippen molar-refractivity contribution in [3.63, 3.8) is 0 Å². The van der Waals surface area contributed by atoms with Gasteiger partial charge in [0.25, 0.3) is 5.91 Å². The van der Waals surface area contributed by atoms with E-state index in [1.807, 2.05) is 0 Å². The Bertz CT molecular complexity index is 721. The lowest BCUT2D eigenvalue weighted by Gasteiger charge is -2.07. The van der Waals surface area contributed by atoms with Crippen molar-refractivity contribution in [2.24, 2.45) is 0 Å². The molecule has 0 atom stereocenters. The molecule has 1 aromatic carbocycles. The fourth-order valence-electron chi connectivity index (χ4n) is 1.84. The number of amides is 1. The third-order valence-electron chi connectivity index (χ3n) is 2.85. The first kappa shape index (κ1) is 14.5. The van der Waals surface area contributed by atoms with Crippen LogP contribution in [0.4, 0.5) is 5.69 Å². The van der Waals surface area contributed by atoms with Gasteiger partial charge >= 0.3 is 5.97 Å². The number of carbonyl (C=O) groups excluding carboxylic acids is 1. The summed E-state index contributed by atoms with van der Waals surface area (Å²) in [5, 5.41) is 11.3. The van der Waals surface area contributed by atoms with Crippen LogP contribution in [-0.2, 0) is 11.2 Å². The van der Waals surface area contributed by atoms with Crippen molar-refractivity contribution in [2.45, 2.75) is 12.8 Å². The molecule has 0 aliphatic rings. The number of carboxylic acids is 1. The Balaban J connectivity index is 2.09. The second-order valence-electron chi connectivity index (χ2n) is 4.49. The third-order valence-corrected chi connectivity index (χ3v) is 2.85. The van der Waals surface area contributed by atoms with Crippen molar-refractivity contribution < 1.29 is 14.7 Å². The number of H-pyrrole nitrogens is 1. The first-order chi connectivity index (χ1) is 10.0. The molecule has 6 heteroatoms. The van der Waals surface area contributed by atoms with Crippen LogP contribution >= 0.6 is 0 Å². The van der Waals surface area contributed by atoms with E-state index in [1.165, 1.54) is 18.3 Å². The van der Waals surface area contributed by atoms with Gasteiger partial charge < -0.3 is 15.4 Å². The summed E-state index contributed by atoms with van der Waals surface area (Å²) >= 11 is 0. The van der Waals surface area contributed by atoms with Crippen LogP contribution in [0.5, 0.6) is 0 Å². The fraction of sp³-hybridized carbons (Fsp3) is 0.133. The molecule has 0 bridgehead atoms. The summed E-state index contributed by atoms with van der Waals surface area (Å²) in [7, 11) is 0. The maximum atomic E-state index is 12.0. The second-order valence-corrected chi connectivity index (χ2v) is 4.49. The summed E-state index contributed by atoms with van der Waals surface area (Å²) in [6, 6.07) is 9.67. The lowest BCUT2D eigenvalue weighted by atomic mass is 10.1. The molecule has 3 N–H and O–H groups in total. The van der Waals surface area contributed by atoms with Gasteiger partial charge in [0.15, 0.2) is 0 Å². The normalized spacial score (nSPS) is 10.1. The predicted molar refractivity (Wildman–Crippen MR) is 77.4 cm³/mol. The zero-order chi connectivity index (χ0) is 15.2. The number of carbonyl (C=O) groups is 2. The van der Waals surface area contributed by atoms with E-state index in [1.54, 1.807) is 24.3 Å². The molecule has 0 unspecified atom stereocenters. The number of nitrogens with one attached hydrogen (secondary N) is 2. The van der Waals surface area contributed by atoms with E-state index in [9.17, 15) is 14.4 Å². The van der Waals surface area contributed by atoms with Gasteiger partial charge in [-0.2, -0.15) is 0 Å². The molecule has 21 heavy (non-hydrogen) atoms. The lowest BCUT2D eigenvalue weighted by Crippen LogP contribution is -2.15. The van der Waals surface area contributed by atoms with Crippen LogP contribution in [0.3, 0.4) is 0 Å². The maximum absolute atomic E-state index is 12.0. The average Bonchev–Trinajstić information content (AvgIpc) is 2.45. The molecule has 2 rings (SSSR count). The molecular weight excluding hydrogens is 272 g/mol. The molecule has 0 saturated heterocycles. The van der Waals surface area contributed by atoms with Crippen molar-refractivity contribution in [2.75, 3.05) is 5.32 Å². The third kappa shape index (κ3) is 4.31. The van der Waals surface area contributed by atoms with Crippen molar-refractivity contribution in [3.8, 4) is 0 Å². The zero-order valence-electron chi connectivity index (χ0n) is 11.1. The van der Waals surface area contributed by atoms with Crippen molar-refractivity contribution in [1.29, 1.82) is 0 Å². The summed E-state index contributed by atoms with van der Waals surface area (Å²) in [6.45, 7) is 0. The standard InChI is InChI=1S/C15H14N2O4/c18-13-9-11(6-7-16-13)15(21)17-12-3-1-2-10(8-12)4-5-14(19)20/h1-3,6-9H,4-5H2,(H,16,18)(H,17,21)(H,19,20). The predicted octanol–water partition coefficient (Wildman–Crippen LogP) is 1.64. The van der Waals surface area contributed by atoms with Crippen molar-refractivity contribution >= 4 is 17.6 Å². The molecule has 2 aromatic rings. The van der Waals surface area contributed by atoms with Crippen LogP contribution in [0.25, 0.3) is 0 Å². The number of anilines is 1. The molecule has 0 aliphatic heterocycles. The molecule has 1 heterocycles. The zero-order valence-corrected chi connectivity index (χ0v) is 11.1. The molecule has 108 valence electrons. The van der Waals surface area contributed by atoms with Gasteiger partial charge in [0, 0.05) is 29.9 Å². The summed E-state index contributed by atoms with van der Waals surface area (Å²) in [5.41, 5.74) is 1.29. The smallest absolute Gasteiger partial charge is 0.303 e. The number of rotatable bonds is 5. The van der Waals surface area contributed by atoms with Crippen LogP contribution in [0.15, 0.2) is 47.4 Å². The van der Waals surface area contributed by atoms with Crippen LogP contribution in [0.2, 0.25) is 0 Å². The Morgan fingerprint density at radius 3 is 2.71 bits per heavy atom. The van der Waals surface area contributed by atoms with E-state index in [0.717, 1.165) is 5.56 Å². The van der Waals surface area contributed by atoms with Gasteiger partial charge in [-0.05, 0) is 30.2 Å². The topological polar surface area (TPSA) is 99.3 Å². The van der Waals surface area contributed by atoms with Crippen LogP contribution in [0, 0.1) is 0 Å². The molecule has 0 saturated carbocycles. The molecule has 0 spiro atoms. The summed E-state index contributed by atoms with van der Waals surface area (Å²) in [4.78, 5) is 36.1. The van der Waals surface area contributed by atoms with E-state index in [4.69, 9.17) is 5.11 Å². The maximum Gasteiger partial charge on any atom is 0.303 e. The van der Waals surface area contributed by atoms with Crippen molar-refractivity contribution in [1.82, 2.24) is 4.98 Å². The summed E-state index contributed by atoms with van der Waals surface area (Å²) < 4.78 is 0. The minimum absolute atomic E-state index is 0.0332. The number of aliphatic carboxylic acids is 1. The second kappa shape index (κ2) is 6.51. The number of pyridine rings is 1. The van der Waals surface area contributed by atoms with Gasteiger partial charge in [0.1, 0.15) is 0 Å². The Hall–Kier alpha value is -2.89. The number of aromatic amines is 1. The molecule has 0 aliphatic carbocycles. The Kier molecular flexibility index (Phi) is 4.50. The summed E-state index contributed by atoms with van der Waals surface area (Å²) in [6.07, 6.45) is 1.83. The molecule has 0 fully saturated rings. The van der Waals surface area contributed by atoms with Gasteiger partial charge in [-0.3, -0.25) is 14.4 Å². The number of aromatic nitrogens is 1. The first-order valence-corrected chi connectivity index (χ1v) is 6.35. The highest BCUT2D eigenvalue weighted by atomic mass is 16.4. The van der Waals surface area contributed by atoms with Crippen LogP contribution < -0.4 is 10.9 Å². The number of hydrogen-bond donors (Lipinski definition) is 3. The van der Waals surface area contributed by atoms with Gasteiger partial charge in [-0.15, -0.1) is 0 Å². The van der Waals surface area contributed by atoms with E-state index >= 15 is 0 Å². The van der Waals surface area contributed by atoms with Gasteiger partial charge in [0.2, 0.25) is 5.56 Å². The first-order valence-electron chi connectivity index (χ1n) is 6.35. The van der Waals surface area contributed by atoms with Crippen molar-refractivity contribution in [3.05, 3.63) is 64.1 Å². The monoisotopic (exact) mass is 286 g/mol. The van der Waals surface area contributed by atoms with Crippen LogP contribution in [-0.4, -0.2) is 22.0 Å². The highest BCUT2D eigenvalue weighted by molar-refractivity contribution is 6.04. The largest absolute Gasteiger partial charge is 0.481 e. The minimum atomic E-state index is -0.868. The van der Waals surface area contributed by atoms with E-state index in [2.05, 4.69) is 10.3 Å². The fourth-order valence-corrected chi connectivity index (χ4v) is 1.84. The minimum Gasteiger partial charge on any atom is -0.481 e. The van der Waals surface area contributed by atoms with E-state index < -0.39 is 11.9 Å². The average molecular weight is 286 g/mol. The molecule has 0 radical (unpaired) electrons. The highest BCUT2D eigenvalue weighted by Crippen LogP contribution is 2.13. The molecule has 1 aromatic heterocycles. The van der Waals surface area contributed by atoms with E-state index in [0.29, 0.717) is 12.1 Å². The number of benzene rings is 1. The summed E-state index contributed by atoms with van der Waals surface area (Å²) in [5.74, 6) is -1.26. The Labute approximate surface area is 120 Å². The number of hydrogen-bond acceptors (Lipinski definition) is 3. The molecule has 1 amide bonds. The number of carboxylic acid groups (broad SMARTS) is 1. The SMILES string of the molecule is O=C(O)CCc1cccc(NC(=O)c2cc[nH]c(=O)c2)c1. The lowest BCUT2D eigenvalue weighted by molar-refractivity contribution is -0.136. The van der Waals surface area contributed by atoms with Gasteiger partial charge in [0.05, 0.1) is 0 Å². The molecular formula is C15H14N2O4. The van der Waals surface area contributed by atoms with E-state index in [-0.39, 0.29) is 17.5 Å².